The molecule has 0 aliphatic heterocycles. The van der Waals surface area contributed by atoms with Crippen LogP contribution in [0.4, 0.5) is 5.95 Å². The second-order valence-corrected chi connectivity index (χ2v) is 6.97. The maximum atomic E-state index is 6.19. The lowest BCUT2D eigenvalue weighted by atomic mass is 10.1. The fourth-order valence-corrected chi connectivity index (χ4v) is 3.25. The smallest absolute Gasteiger partial charge is 0.223 e. The summed E-state index contributed by atoms with van der Waals surface area (Å²) in [5.41, 5.74) is 3.62. The molecule has 146 valence electrons. The van der Waals surface area contributed by atoms with Crippen LogP contribution in [0.5, 0.6) is 5.75 Å². The van der Waals surface area contributed by atoms with Crippen molar-refractivity contribution in [3.63, 3.8) is 0 Å². The molecule has 0 amide bonds. The minimum Gasteiger partial charge on any atom is -0.497 e. The van der Waals surface area contributed by atoms with Gasteiger partial charge in [-0.05, 0) is 35.4 Å². The van der Waals surface area contributed by atoms with Gasteiger partial charge < -0.3 is 14.6 Å². The van der Waals surface area contributed by atoms with E-state index in [4.69, 9.17) is 21.3 Å². The summed E-state index contributed by atoms with van der Waals surface area (Å²) in [6.45, 7) is 0.577. The van der Waals surface area contributed by atoms with Gasteiger partial charge in [-0.1, -0.05) is 35.9 Å². The molecule has 0 radical (unpaired) electrons. The Kier molecular flexibility index (Phi) is 5.44. The number of hydrogen-bond donors (Lipinski definition) is 1. The van der Waals surface area contributed by atoms with Crippen molar-refractivity contribution in [2.45, 2.75) is 6.54 Å². The molecule has 0 saturated heterocycles. The van der Waals surface area contributed by atoms with Crippen LogP contribution in [0.1, 0.15) is 5.56 Å². The monoisotopic (exact) mass is 405 g/mol. The van der Waals surface area contributed by atoms with Gasteiger partial charge in [0.2, 0.25) is 5.95 Å². The summed E-state index contributed by atoms with van der Waals surface area (Å²) in [5, 5.41) is 3.94. The van der Waals surface area contributed by atoms with Crippen LogP contribution >= 0.6 is 11.6 Å². The molecule has 2 aromatic heterocycles. The Morgan fingerprint density at radius 1 is 1.10 bits per heavy atom. The van der Waals surface area contributed by atoms with Crippen molar-refractivity contribution < 1.29 is 4.74 Å². The van der Waals surface area contributed by atoms with Gasteiger partial charge in [0.15, 0.2) is 5.82 Å². The van der Waals surface area contributed by atoms with Crippen LogP contribution in [-0.4, -0.2) is 26.6 Å². The van der Waals surface area contributed by atoms with Crippen molar-refractivity contribution in [1.29, 1.82) is 0 Å². The SMILES string of the molecule is COc1cccc(CNc2ncc(-c3cccc(Cl)c3)c(-c3nccn3C)n2)c1. The van der Waals surface area contributed by atoms with Crippen LogP contribution in [0, 0.1) is 0 Å². The summed E-state index contributed by atoms with van der Waals surface area (Å²) >= 11 is 6.19. The van der Waals surface area contributed by atoms with Crippen molar-refractivity contribution >= 4 is 17.5 Å². The number of aromatic nitrogens is 4. The molecule has 29 heavy (non-hydrogen) atoms. The molecule has 1 N–H and O–H groups in total. The van der Waals surface area contributed by atoms with Crippen molar-refractivity contribution in [2.75, 3.05) is 12.4 Å². The molecule has 0 atom stereocenters. The molecule has 0 saturated carbocycles. The van der Waals surface area contributed by atoms with E-state index in [-0.39, 0.29) is 0 Å². The number of imidazole rings is 1. The zero-order valence-corrected chi connectivity index (χ0v) is 16.9. The van der Waals surface area contributed by atoms with E-state index in [0.29, 0.717) is 17.5 Å². The molecule has 0 unspecified atom stereocenters. The lowest BCUT2D eigenvalue weighted by Gasteiger charge is -2.12. The first-order chi connectivity index (χ1) is 14.1. The first kappa shape index (κ1) is 19.0. The lowest BCUT2D eigenvalue weighted by molar-refractivity contribution is 0.414. The third-order valence-electron chi connectivity index (χ3n) is 4.54. The van der Waals surface area contributed by atoms with E-state index in [1.165, 1.54) is 0 Å². The Balaban J connectivity index is 1.69. The number of methoxy groups -OCH3 is 1. The predicted molar refractivity (Wildman–Crippen MR) is 115 cm³/mol. The molecule has 2 heterocycles. The van der Waals surface area contributed by atoms with Gasteiger partial charge in [-0.25, -0.2) is 15.0 Å². The second-order valence-electron chi connectivity index (χ2n) is 6.53. The molecule has 0 aliphatic rings. The maximum Gasteiger partial charge on any atom is 0.223 e. The minimum atomic E-state index is 0.525. The van der Waals surface area contributed by atoms with Gasteiger partial charge >= 0.3 is 0 Å². The number of aryl methyl sites for hydroxylation is 1. The number of halogens is 1. The van der Waals surface area contributed by atoms with Crippen LogP contribution in [0.25, 0.3) is 22.6 Å². The lowest BCUT2D eigenvalue weighted by Crippen LogP contribution is -2.06. The van der Waals surface area contributed by atoms with E-state index in [2.05, 4.69) is 15.3 Å². The Morgan fingerprint density at radius 3 is 2.72 bits per heavy atom. The molecule has 0 bridgehead atoms. The zero-order chi connectivity index (χ0) is 20.2. The fraction of sp³-hybridized carbons (Fsp3) is 0.136. The van der Waals surface area contributed by atoms with E-state index in [0.717, 1.165) is 34.0 Å². The number of anilines is 1. The van der Waals surface area contributed by atoms with Crippen LogP contribution < -0.4 is 10.1 Å². The number of ether oxygens (including phenoxy) is 1. The van der Waals surface area contributed by atoms with Crippen molar-refractivity contribution in [2.24, 2.45) is 7.05 Å². The summed E-state index contributed by atoms with van der Waals surface area (Å²) in [5.74, 6) is 2.10. The number of rotatable bonds is 6. The average molecular weight is 406 g/mol. The molecule has 0 fully saturated rings. The normalized spacial score (nSPS) is 10.7. The Labute approximate surface area is 174 Å². The van der Waals surface area contributed by atoms with Gasteiger partial charge in [0.25, 0.3) is 0 Å². The third-order valence-corrected chi connectivity index (χ3v) is 4.78. The van der Waals surface area contributed by atoms with Gasteiger partial charge in [0.1, 0.15) is 11.4 Å². The van der Waals surface area contributed by atoms with Crippen molar-refractivity contribution in [3.8, 4) is 28.4 Å². The van der Waals surface area contributed by atoms with Crippen LogP contribution in [0.3, 0.4) is 0 Å². The zero-order valence-electron chi connectivity index (χ0n) is 16.1. The number of hydrogen-bond acceptors (Lipinski definition) is 5. The molecular weight excluding hydrogens is 386 g/mol. The Hall–Kier alpha value is -3.38. The summed E-state index contributed by atoms with van der Waals surface area (Å²) in [4.78, 5) is 13.7. The first-order valence-corrected chi connectivity index (χ1v) is 9.49. The van der Waals surface area contributed by atoms with Gasteiger partial charge in [0.05, 0.1) is 7.11 Å². The molecule has 0 aliphatic carbocycles. The quantitative estimate of drug-likeness (QED) is 0.498. The highest BCUT2D eigenvalue weighted by Crippen LogP contribution is 2.31. The molecule has 4 aromatic rings. The largest absolute Gasteiger partial charge is 0.497 e. The standard InChI is InChI=1S/C22H20ClN5O/c1-28-10-9-24-21(28)20-19(16-6-4-7-17(23)12-16)14-26-22(27-20)25-13-15-5-3-8-18(11-15)29-2/h3-12,14H,13H2,1-2H3,(H,25,26,27). The van der Waals surface area contributed by atoms with E-state index < -0.39 is 0 Å². The van der Waals surface area contributed by atoms with E-state index in [9.17, 15) is 0 Å². The van der Waals surface area contributed by atoms with Gasteiger partial charge in [0, 0.05) is 42.8 Å². The average Bonchev–Trinajstić information content (AvgIpc) is 3.18. The van der Waals surface area contributed by atoms with E-state index in [1.807, 2.05) is 66.3 Å². The number of nitrogens with zero attached hydrogens (tertiary/aromatic N) is 4. The van der Waals surface area contributed by atoms with Gasteiger partial charge in [-0.3, -0.25) is 0 Å². The van der Waals surface area contributed by atoms with Crippen molar-refractivity contribution in [3.05, 3.63) is 77.7 Å². The topological polar surface area (TPSA) is 64.9 Å². The maximum absolute atomic E-state index is 6.19. The van der Waals surface area contributed by atoms with Crippen LogP contribution in [-0.2, 0) is 13.6 Å². The fourth-order valence-electron chi connectivity index (χ4n) is 3.06. The minimum absolute atomic E-state index is 0.525. The second kappa shape index (κ2) is 8.32. The van der Waals surface area contributed by atoms with Crippen molar-refractivity contribution in [1.82, 2.24) is 19.5 Å². The third kappa shape index (κ3) is 4.22. The summed E-state index contributed by atoms with van der Waals surface area (Å²) in [7, 11) is 3.60. The summed E-state index contributed by atoms with van der Waals surface area (Å²) in [6.07, 6.45) is 5.45. The highest BCUT2D eigenvalue weighted by molar-refractivity contribution is 6.30. The molecular formula is C22H20ClN5O. The highest BCUT2D eigenvalue weighted by Gasteiger charge is 2.15. The number of benzene rings is 2. The Morgan fingerprint density at radius 2 is 1.97 bits per heavy atom. The van der Waals surface area contributed by atoms with E-state index >= 15 is 0 Å². The number of nitrogens with one attached hydrogen (secondary N) is 1. The van der Waals surface area contributed by atoms with Crippen LogP contribution in [0.15, 0.2) is 67.1 Å². The molecule has 2 aromatic carbocycles. The van der Waals surface area contributed by atoms with Crippen LogP contribution in [0.2, 0.25) is 5.02 Å². The van der Waals surface area contributed by atoms with Gasteiger partial charge in [-0.2, -0.15) is 0 Å². The Bertz CT molecular complexity index is 1140. The molecule has 6 nitrogen and oxygen atoms in total. The summed E-state index contributed by atoms with van der Waals surface area (Å²) < 4.78 is 7.21. The molecule has 7 heteroatoms. The molecule has 4 rings (SSSR count). The first-order valence-electron chi connectivity index (χ1n) is 9.11. The highest BCUT2D eigenvalue weighted by atomic mass is 35.5. The van der Waals surface area contributed by atoms with Gasteiger partial charge in [-0.15, -0.1) is 0 Å². The van der Waals surface area contributed by atoms with E-state index in [1.54, 1.807) is 19.5 Å². The predicted octanol–water partition coefficient (Wildman–Crippen LogP) is 4.82. The summed E-state index contributed by atoms with van der Waals surface area (Å²) in [6, 6.07) is 15.5. The molecule has 0 spiro atoms.